The highest BCUT2D eigenvalue weighted by molar-refractivity contribution is 6.09. The first kappa shape index (κ1) is 20.8. The van der Waals surface area contributed by atoms with Crippen molar-refractivity contribution in [2.24, 2.45) is 0 Å². The maximum Gasteiger partial charge on any atom is 0.132 e. The highest BCUT2D eigenvalue weighted by atomic mass is 19.1. The quantitative estimate of drug-likeness (QED) is 0.273. The van der Waals surface area contributed by atoms with Crippen LogP contribution in [0.1, 0.15) is 0 Å². The van der Waals surface area contributed by atoms with Crippen molar-refractivity contribution in [1.82, 2.24) is 4.57 Å². The van der Waals surface area contributed by atoms with Crippen molar-refractivity contribution in [3.63, 3.8) is 0 Å². The van der Waals surface area contributed by atoms with Crippen LogP contribution in [0.4, 0.5) is 14.5 Å². The molecule has 5 aromatic carbocycles. The molecule has 0 spiro atoms. The third-order valence-electron chi connectivity index (χ3n) is 6.28. The first-order valence-corrected chi connectivity index (χ1v) is 11.0. The Bertz CT molecular complexity index is 1700. The molecule has 6 aromatic rings. The minimum absolute atomic E-state index is 0.0150. The number of benzene rings is 4. The van der Waals surface area contributed by atoms with Crippen LogP contribution in [0.2, 0.25) is 0 Å². The van der Waals surface area contributed by atoms with Gasteiger partial charge in [-0.05, 0) is 54.6 Å². The van der Waals surface area contributed by atoms with Crippen molar-refractivity contribution in [2.45, 2.75) is 0 Å². The number of aromatic nitrogens is 1. The fourth-order valence-electron chi connectivity index (χ4n) is 4.73. The lowest BCUT2D eigenvalue weighted by Gasteiger charge is -2.16. The average molecular weight is 460 g/mol. The molecule has 0 atom stereocenters. The van der Waals surface area contributed by atoms with E-state index in [2.05, 4.69) is 28.8 Å². The van der Waals surface area contributed by atoms with Crippen LogP contribution in [0.25, 0.3) is 49.7 Å². The molecule has 0 unspecified atom stereocenters. The minimum Gasteiger partial charge on any atom is -0.507 e. The number of aromatic hydroxyl groups is 1. The Morgan fingerprint density at radius 1 is 0.743 bits per heavy atom. The summed E-state index contributed by atoms with van der Waals surface area (Å²) in [5.41, 5.74) is 9.47. The number of nitrogens with zero attached hydrogens (tertiary/aromatic N) is 1. The molecule has 35 heavy (non-hydrogen) atoms. The van der Waals surface area contributed by atoms with Crippen molar-refractivity contribution < 1.29 is 13.9 Å². The standard InChI is InChI=1S/C30H18F2N2O/c31-23-14-15-24(32)30(29(23)21-9-3-6-12-28(21)35)22-17-18(13-16-25(22)33)34-26-10-4-1-7-19(26)20-8-2-5-11-27(20)34/h1-2,4-8,10-17,35H,33H2. The van der Waals surface area contributed by atoms with E-state index in [9.17, 15) is 5.11 Å². The summed E-state index contributed by atoms with van der Waals surface area (Å²) in [7, 11) is 0. The molecule has 0 aliphatic rings. The fraction of sp³-hybridized carbons (Fsp3) is 0. The van der Waals surface area contributed by atoms with E-state index in [0.29, 0.717) is 5.56 Å². The zero-order chi connectivity index (χ0) is 24.1. The number of fused-ring (bicyclic) bond motifs is 3. The summed E-state index contributed by atoms with van der Waals surface area (Å²) in [5, 5.41) is 12.5. The van der Waals surface area contributed by atoms with Crippen molar-refractivity contribution >= 4 is 27.5 Å². The molecule has 0 saturated carbocycles. The Balaban J connectivity index is 1.67. The SMILES string of the molecule is Nc1ccc(-n2c3ccccc3c3ccccc32)cc1-c1c(F)ccc(F)c1-c1c#cccc1O. The van der Waals surface area contributed by atoms with Gasteiger partial charge in [-0.1, -0.05) is 48.5 Å². The van der Waals surface area contributed by atoms with Crippen molar-refractivity contribution in [3.05, 3.63) is 115 Å². The van der Waals surface area contributed by atoms with Gasteiger partial charge in [0.25, 0.3) is 0 Å². The Morgan fingerprint density at radius 2 is 1.37 bits per heavy atom. The number of hydrogen-bond donors (Lipinski definition) is 2. The van der Waals surface area contributed by atoms with Gasteiger partial charge in [-0.2, -0.15) is 0 Å². The van der Waals surface area contributed by atoms with E-state index in [1.807, 2.05) is 42.5 Å². The van der Waals surface area contributed by atoms with Crippen LogP contribution < -0.4 is 5.73 Å². The van der Waals surface area contributed by atoms with Crippen molar-refractivity contribution in [3.8, 4) is 33.7 Å². The molecule has 168 valence electrons. The summed E-state index contributed by atoms with van der Waals surface area (Å²) in [5.74, 6) is -1.59. The highest BCUT2D eigenvalue weighted by Gasteiger charge is 2.22. The second-order valence-electron chi connectivity index (χ2n) is 8.28. The smallest absolute Gasteiger partial charge is 0.132 e. The number of rotatable bonds is 3. The second-order valence-corrected chi connectivity index (χ2v) is 8.28. The maximum absolute atomic E-state index is 15.4. The number of nitrogens with two attached hydrogens (primary N) is 1. The number of anilines is 1. The topological polar surface area (TPSA) is 51.2 Å². The highest BCUT2D eigenvalue weighted by Crippen LogP contribution is 2.42. The predicted molar refractivity (Wildman–Crippen MR) is 135 cm³/mol. The Hall–Kier alpha value is -4.82. The van der Waals surface area contributed by atoms with Crippen LogP contribution >= 0.6 is 0 Å². The zero-order valence-corrected chi connectivity index (χ0v) is 18.4. The monoisotopic (exact) mass is 460 g/mol. The average Bonchev–Trinajstić information content (AvgIpc) is 3.21. The Labute approximate surface area is 200 Å². The zero-order valence-electron chi connectivity index (χ0n) is 18.4. The molecule has 1 aromatic heterocycles. The molecular weight excluding hydrogens is 442 g/mol. The van der Waals surface area contributed by atoms with Crippen LogP contribution in [0, 0.1) is 23.8 Å². The molecule has 3 nitrogen and oxygen atoms in total. The van der Waals surface area contributed by atoms with Crippen molar-refractivity contribution in [1.29, 1.82) is 0 Å². The fourth-order valence-corrected chi connectivity index (χ4v) is 4.73. The first-order valence-electron chi connectivity index (χ1n) is 11.0. The van der Waals surface area contributed by atoms with Crippen LogP contribution in [0.5, 0.6) is 5.75 Å². The molecule has 5 heteroatoms. The van der Waals surface area contributed by atoms with E-state index >= 15 is 8.78 Å². The number of nitrogen functional groups attached to an aromatic ring is 1. The third-order valence-corrected chi connectivity index (χ3v) is 6.28. The van der Waals surface area contributed by atoms with Gasteiger partial charge in [0.05, 0.1) is 16.6 Å². The number of halogens is 2. The van der Waals surface area contributed by atoms with Gasteiger partial charge in [-0.15, -0.1) is 0 Å². The lowest BCUT2D eigenvalue weighted by atomic mass is 9.92. The molecule has 0 bridgehead atoms. The third kappa shape index (κ3) is 3.19. The van der Waals surface area contributed by atoms with E-state index < -0.39 is 11.6 Å². The molecular formula is C30H18F2N2O. The van der Waals surface area contributed by atoms with Gasteiger partial charge in [0, 0.05) is 38.8 Å². The van der Waals surface area contributed by atoms with Crippen LogP contribution in [-0.2, 0) is 0 Å². The van der Waals surface area contributed by atoms with Crippen LogP contribution in [-0.4, -0.2) is 9.67 Å². The van der Waals surface area contributed by atoms with Gasteiger partial charge in [0.1, 0.15) is 17.4 Å². The lowest BCUT2D eigenvalue weighted by Crippen LogP contribution is -2.00. The van der Waals surface area contributed by atoms with E-state index in [0.717, 1.165) is 39.6 Å². The summed E-state index contributed by atoms with van der Waals surface area (Å²) in [4.78, 5) is 0. The largest absolute Gasteiger partial charge is 0.507 e. The van der Waals surface area contributed by atoms with E-state index in [-0.39, 0.29) is 28.1 Å². The van der Waals surface area contributed by atoms with E-state index in [1.165, 1.54) is 12.1 Å². The van der Waals surface area contributed by atoms with E-state index in [1.54, 1.807) is 12.1 Å². The number of hydrogen-bond acceptors (Lipinski definition) is 2. The normalized spacial score (nSPS) is 11.1. The Kier molecular flexibility index (Phi) is 4.68. The van der Waals surface area contributed by atoms with E-state index in [4.69, 9.17) is 5.73 Å². The molecule has 1 heterocycles. The molecule has 0 aliphatic heterocycles. The van der Waals surface area contributed by atoms with Gasteiger partial charge >= 0.3 is 0 Å². The molecule has 0 amide bonds. The molecule has 0 radical (unpaired) electrons. The molecule has 0 aliphatic carbocycles. The van der Waals surface area contributed by atoms with Crippen LogP contribution in [0.3, 0.4) is 0 Å². The summed E-state index contributed by atoms with van der Waals surface area (Å²) in [6, 6.07) is 31.7. The number of para-hydroxylation sites is 2. The van der Waals surface area contributed by atoms with Crippen molar-refractivity contribution in [2.75, 3.05) is 5.73 Å². The Morgan fingerprint density at radius 3 is 2.03 bits per heavy atom. The first-order chi connectivity index (χ1) is 17.0. The summed E-state index contributed by atoms with van der Waals surface area (Å²) in [6.07, 6.45) is 0. The molecule has 0 saturated heterocycles. The van der Waals surface area contributed by atoms with Gasteiger partial charge < -0.3 is 15.4 Å². The van der Waals surface area contributed by atoms with Gasteiger partial charge in [-0.25, -0.2) is 8.78 Å². The molecule has 6 rings (SSSR count). The molecule has 0 fully saturated rings. The summed E-state index contributed by atoms with van der Waals surface area (Å²) >= 11 is 0. The second kappa shape index (κ2) is 7.89. The minimum atomic E-state index is -0.700. The van der Waals surface area contributed by atoms with Crippen LogP contribution in [0.15, 0.2) is 91.0 Å². The van der Waals surface area contributed by atoms with Gasteiger partial charge in [0.15, 0.2) is 0 Å². The predicted octanol–water partition coefficient (Wildman–Crippen LogP) is 7.28. The maximum atomic E-state index is 15.4. The molecule has 3 N–H and O–H groups in total. The van der Waals surface area contributed by atoms with Gasteiger partial charge in [-0.3, -0.25) is 0 Å². The summed E-state index contributed by atoms with van der Waals surface area (Å²) in [6.45, 7) is 0. The summed E-state index contributed by atoms with van der Waals surface area (Å²) < 4.78 is 32.6. The lowest BCUT2D eigenvalue weighted by molar-refractivity contribution is 0.477. The van der Waals surface area contributed by atoms with Gasteiger partial charge in [0.2, 0.25) is 0 Å².